The molecule has 1 aliphatic heterocycles. The monoisotopic (exact) mass is 471 g/mol. The molecule has 7 nitrogen and oxygen atoms in total. The van der Waals surface area contributed by atoms with Crippen LogP contribution in [0.3, 0.4) is 0 Å². The van der Waals surface area contributed by atoms with Crippen LogP contribution in [0.4, 0.5) is 0 Å². The zero-order chi connectivity index (χ0) is 24.0. The number of hydrogen-bond acceptors (Lipinski definition) is 6. The number of hydrogen-bond donors (Lipinski definition) is 2. The number of morpholine rings is 1. The van der Waals surface area contributed by atoms with Crippen molar-refractivity contribution in [3.8, 4) is 0 Å². The number of benzene rings is 1. The molecule has 0 spiro atoms. The fraction of sp³-hybridized carbons (Fsp3) is 0.630. The van der Waals surface area contributed by atoms with Gasteiger partial charge in [-0.15, -0.1) is 0 Å². The summed E-state index contributed by atoms with van der Waals surface area (Å²) in [5.41, 5.74) is 7.37. The predicted octanol–water partition coefficient (Wildman–Crippen LogP) is 4.40. The number of ether oxygens (including phenoxy) is 1. The van der Waals surface area contributed by atoms with Crippen molar-refractivity contribution in [2.24, 2.45) is 11.7 Å². The number of rotatable bonds is 10. The van der Waals surface area contributed by atoms with Crippen molar-refractivity contribution in [1.29, 1.82) is 0 Å². The molecular formula is C27H41N3O4. The summed E-state index contributed by atoms with van der Waals surface area (Å²) >= 11 is 0. The van der Waals surface area contributed by atoms with Crippen LogP contribution in [0.25, 0.3) is 0 Å². The molecule has 0 radical (unpaired) electrons. The molecule has 2 fully saturated rings. The highest BCUT2D eigenvalue weighted by Gasteiger charge is 2.22. The molecule has 1 saturated carbocycles. The number of aliphatic hydroxyl groups is 1. The minimum absolute atomic E-state index is 0.00882. The van der Waals surface area contributed by atoms with Gasteiger partial charge in [0.1, 0.15) is 6.26 Å². The van der Waals surface area contributed by atoms with E-state index >= 15 is 0 Å². The summed E-state index contributed by atoms with van der Waals surface area (Å²) in [6.45, 7) is 4.31. The zero-order valence-electron chi connectivity index (χ0n) is 20.4. The molecule has 1 aromatic heterocycles. The standard InChI is InChI=1S/C20H33N3O3.C7H8O/c21-19(24)13-17(8-4-7-16-5-2-1-3-6-16)20-22-18(15-26-20)14-23-9-11-25-12-10-23;8-6-7-4-2-1-3-5-7/h15-17H,1-14H2,(H2,21,24);1-5,8H,6H2/t17-;/m1./s1. The van der Waals surface area contributed by atoms with Gasteiger partial charge in [-0.25, -0.2) is 4.98 Å². The van der Waals surface area contributed by atoms with Crippen molar-refractivity contribution in [2.75, 3.05) is 26.3 Å². The predicted molar refractivity (Wildman–Crippen MR) is 132 cm³/mol. The lowest BCUT2D eigenvalue weighted by Gasteiger charge is -2.25. The molecule has 1 amide bonds. The first-order valence-corrected chi connectivity index (χ1v) is 12.8. The largest absolute Gasteiger partial charge is 0.448 e. The summed E-state index contributed by atoms with van der Waals surface area (Å²) in [6.07, 6.45) is 12.2. The molecule has 2 aromatic rings. The molecule has 1 atom stereocenters. The first kappa shape index (κ1) is 26.4. The van der Waals surface area contributed by atoms with Gasteiger partial charge in [-0.1, -0.05) is 75.3 Å². The number of nitrogens with two attached hydrogens (primary N) is 1. The molecule has 1 aliphatic carbocycles. The molecular weight excluding hydrogens is 430 g/mol. The van der Waals surface area contributed by atoms with E-state index in [1.165, 1.54) is 38.5 Å². The average Bonchev–Trinajstić information content (AvgIpc) is 3.34. The molecule has 3 N–H and O–H groups in total. The molecule has 0 bridgehead atoms. The van der Waals surface area contributed by atoms with E-state index in [0.29, 0.717) is 12.3 Å². The second-order valence-electron chi connectivity index (χ2n) is 9.51. The van der Waals surface area contributed by atoms with Crippen LogP contribution < -0.4 is 5.73 Å². The van der Waals surface area contributed by atoms with E-state index in [-0.39, 0.29) is 18.4 Å². The Kier molecular flexibility index (Phi) is 11.6. The van der Waals surface area contributed by atoms with Crippen molar-refractivity contribution in [2.45, 2.75) is 76.9 Å². The summed E-state index contributed by atoms with van der Waals surface area (Å²) in [5, 5.41) is 8.54. The van der Waals surface area contributed by atoms with Crippen LogP contribution in [0.5, 0.6) is 0 Å². The van der Waals surface area contributed by atoms with Crippen LogP contribution in [0.2, 0.25) is 0 Å². The van der Waals surface area contributed by atoms with Crippen LogP contribution in [0.15, 0.2) is 41.0 Å². The van der Waals surface area contributed by atoms with Crippen LogP contribution in [-0.2, 0) is 22.7 Å². The zero-order valence-corrected chi connectivity index (χ0v) is 20.4. The molecule has 7 heteroatoms. The van der Waals surface area contributed by atoms with Gasteiger partial charge in [0.05, 0.1) is 25.5 Å². The SMILES string of the molecule is NC(=O)C[C@@H](CCCC1CCCCC1)c1nc(CN2CCOCC2)co1.OCc1ccccc1. The third-order valence-electron chi connectivity index (χ3n) is 6.77. The fourth-order valence-corrected chi connectivity index (χ4v) is 4.84. The normalized spacial score (nSPS) is 18.1. The highest BCUT2D eigenvalue weighted by atomic mass is 16.5. The van der Waals surface area contributed by atoms with Crippen LogP contribution >= 0.6 is 0 Å². The maximum atomic E-state index is 11.5. The Hall–Kier alpha value is -2.22. The Bertz CT molecular complexity index is 814. The number of oxazole rings is 1. The van der Waals surface area contributed by atoms with Crippen LogP contribution in [-0.4, -0.2) is 47.2 Å². The van der Waals surface area contributed by atoms with Gasteiger partial charge in [0.25, 0.3) is 0 Å². The number of primary amides is 1. The third-order valence-corrected chi connectivity index (χ3v) is 6.77. The smallest absolute Gasteiger partial charge is 0.218 e. The lowest BCUT2D eigenvalue weighted by atomic mass is 9.84. The van der Waals surface area contributed by atoms with Gasteiger partial charge in [-0.2, -0.15) is 0 Å². The topological polar surface area (TPSA) is 102 Å². The van der Waals surface area contributed by atoms with E-state index < -0.39 is 0 Å². The number of carbonyl (C=O) groups is 1. The van der Waals surface area contributed by atoms with Crippen molar-refractivity contribution in [3.05, 3.63) is 53.7 Å². The lowest BCUT2D eigenvalue weighted by Crippen LogP contribution is -2.35. The molecule has 188 valence electrons. The maximum absolute atomic E-state index is 11.5. The first-order chi connectivity index (χ1) is 16.6. The lowest BCUT2D eigenvalue weighted by molar-refractivity contribution is -0.118. The summed E-state index contributed by atoms with van der Waals surface area (Å²) in [6, 6.07) is 9.52. The number of aromatic nitrogens is 1. The van der Waals surface area contributed by atoms with Gasteiger partial charge in [0, 0.05) is 32.0 Å². The van der Waals surface area contributed by atoms with E-state index in [0.717, 1.165) is 62.9 Å². The van der Waals surface area contributed by atoms with Gasteiger partial charge in [-0.05, 0) is 17.9 Å². The molecule has 34 heavy (non-hydrogen) atoms. The fourth-order valence-electron chi connectivity index (χ4n) is 4.84. The maximum Gasteiger partial charge on any atom is 0.218 e. The molecule has 2 aliphatic rings. The Labute approximate surface area is 203 Å². The van der Waals surface area contributed by atoms with Crippen molar-refractivity contribution in [1.82, 2.24) is 9.88 Å². The van der Waals surface area contributed by atoms with E-state index in [4.69, 9.17) is 20.0 Å². The Balaban J connectivity index is 0.000000343. The molecule has 4 rings (SSSR count). The van der Waals surface area contributed by atoms with E-state index in [1.54, 1.807) is 6.26 Å². The molecule has 1 aromatic carbocycles. The summed E-state index contributed by atoms with van der Waals surface area (Å²) in [4.78, 5) is 18.5. The van der Waals surface area contributed by atoms with Gasteiger partial charge in [-0.3, -0.25) is 9.69 Å². The molecule has 0 unspecified atom stereocenters. The van der Waals surface area contributed by atoms with Crippen LogP contribution in [0.1, 0.15) is 80.9 Å². The van der Waals surface area contributed by atoms with Crippen LogP contribution in [0, 0.1) is 5.92 Å². The summed E-state index contributed by atoms with van der Waals surface area (Å²) in [7, 11) is 0. The quantitative estimate of drug-likeness (QED) is 0.533. The van der Waals surface area contributed by atoms with Gasteiger partial charge in [0.15, 0.2) is 5.89 Å². The Morgan fingerprint density at radius 3 is 2.53 bits per heavy atom. The summed E-state index contributed by atoms with van der Waals surface area (Å²) in [5.74, 6) is 1.27. The third kappa shape index (κ3) is 9.57. The van der Waals surface area contributed by atoms with Crippen molar-refractivity contribution < 1.29 is 19.1 Å². The first-order valence-electron chi connectivity index (χ1n) is 12.8. The van der Waals surface area contributed by atoms with Gasteiger partial charge in [0.2, 0.25) is 5.91 Å². The van der Waals surface area contributed by atoms with E-state index in [2.05, 4.69) is 9.88 Å². The highest BCUT2D eigenvalue weighted by molar-refractivity contribution is 5.74. The van der Waals surface area contributed by atoms with E-state index in [1.807, 2.05) is 30.3 Å². The van der Waals surface area contributed by atoms with Crippen molar-refractivity contribution in [3.63, 3.8) is 0 Å². The average molecular weight is 472 g/mol. The minimum Gasteiger partial charge on any atom is -0.448 e. The van der Waals surface area contributed by atoms with Gasteiger partial charge < -0.3 is 20.0 Å². The number of amides is 1. The van der Waals surface area contributed by atoms with E-state index in [9.17, 15) is 4.79 Å². The number of aliphatic hydroxyl groups excluding tert-OH is 1. The Morgan fingerprint density at radius 1 is 1.15 bits per heavy atom. The molecule has 2 heterocycles. The second-order valence-corrected chi connectivity index (χ2v) is 9.51. The molecule has 1 saturated heterocycles. The minimum atomic E-state index is -0.277. The van der Waals surface area contributed by atoms with Gasteiger partial charge >= 0.3 is 0 Å². The summed E-state index contributed by atoms with van der Waals surface area (Å²) < 4.78 is 11.1. The Morgan fingerprint density at radius 2 is 1.88 bits per heavy atom. The number of carbonyl (C=O) groups excluding carboxylic acids is 1. The van der Waals surface area contributed by atoms with Crippen molar-refractivity contribution >= 4 is 5.91 Å². The highest BCUT2D eigenvalue weighted by Crippen LogP contribution is 2.31. The number of nitrogens with zero attached hydrogens (tertiary/aromatic N) is 2. The second kappa shape index (κ2) is 14.9.